The number of carbonyl (C=O) groups is 2. The lowest BCUT2D eigenvalue weighted by atomic mass is 10.1. The van der Waals surface area contributed by atoms with E-state index in [-0.39, 0.29) is 19.1 Å². The monoisotopic (exact) mass is 411 g/mol. The second-order valence-corrected chi connectivity index (χ2v) is 6.98. The van der Waals surface area contributed by atoms with E-state index in [2.05, 4.69) is 21.2 Å². The average Bonchev–Trinajstić information content (AvgIpc) is 2.75. The molecule has 0 atom stereocenters. The molecule has 160 valence electrons. The molecular formula is C23H29N3O4. The molecule has 30 heavy (non-hydrogen) atoms. The Bertz CT molecular complexity index is 863. The Morgan fingerprint density at radius 3 is 2.37 bits per heavy atom. The number of ether oxygens (including phenoxy) is 2. The molecule has 0 spiro atoms. The zero-order chi connectivity index (χ0) is 21.3. The summed E-state index contributed by atoms with van der Waals surface area (Å²) in [5.74, 6) is 0.312. The number of amides is 1. The van der Waals surface area contributed by atoms with Crippen LogP contribution in [0.15, 0.2) is 48.5 Å². The standard InChI is InChI=1S/C23H29N3O4/c1-3-29-21-12-8-7-11-20(21)26-15-13-25(14-16-26)17-22(27)24-19-10-6-5-9-18(19)23(28)30-4-2/h5-12H,3-4,13-17H2,1-2H3,(H,24,27). The van der Waals surface area contributed by atoms with Gasteiger partial charge in [-0.1, -0.05) is 24.3 Å². The van der Waals surface area contributed by atoms with Crippen LogP contribution >= 0.6 is 0 Å². The topological polar surface area (TPSA) is 71.1 Å². The van der Waals surface area contributed by atoms with Crippen LogP contribution in [0, 0.1) is 0 Å². The first kappa shape index (κ1) is 21.6. The third-order valence-corrected chi connectivity index (χ3v) is 4.94. The number of carbonyl (C=O) groups excluding carboxylic acids is 2. The predicted octanol–water partition coefficient (Wildman–Crippen LogP) is 3.02. The molecule has 0 bridgehead atoms. The minimum absolute atomic E-state index is 0.144. The number of anilines is 2. The van der Waals surface area contributed by atoms with Crippen molar-refractivity contribution in [1.29, 1.82) is 0 Å². The van der Waals surface area contributed by atoms with E-state index in [1.54, 1.807) is 31.2 Å². The Morgan fingerprint density at radius 2 is 1.63 bits per heavy atom. The maximum Gasteiger partial charge on any atom is 0.340 e. The SMILES string of the molecule is CCOC(=O)c1ccccc1NC(=O)CN1CCN(c2ccccc2OCC)CC1. The highest BCUT2D eigenvalue weighted by Crippen LogP contribution is 2.28. The number of para-hydroxylation sites is 3. The van der Waals surface area contributed by atoms with Gasteiger partial charge in [-0.05, 0) is 38.1 Å². The normalized spacial score (nSPS) is 14.3. The molecule has 3 rings (SSSR count). The second-order valence-electron chi connectivity index (χ2n) is 6.98. The Kier molecular flexibility index (Phi) is 7.68. The van der Waals surface area contributed by atoms with Crippen molar-refractivity contribution in [1.82, 2.24) is 4.90 Å². The molecule has 1 fully saturated rings. The molecule has 1 saturated heterocycles. The van der Waals surface area contributed by atoms with Crippen LogP contribution in [-0.4, -0.2) is 62.7 Å². The highest BCUT2D eigenvalue weighted by molar-refractivity contribution is 6.01. The van der Waals surface area contributed by atoms with Crippen molar-refractivity contribution in [3.05, 3.63) is 54.1 Å². The number of hydrogen-bond acceptors (Lipinski definition) is 6. The van der Waals surface area contributed by atoms with Gasteiger partial charge in [0.25, 0.3) is 0 Å². The molecule has 0 unspecified atom stereocenters. The summed E-state index contributed by atoms with van der Waals surface area (Å²) in [6.45, 7) is 8.10. The summed E-state index contributed by atoms with van der Waals surface area (Å²) >= 11 is 0. The Hall–Kier alpha value is -3.06. The van der Waals surface area contributed by atoms with Gasteiger partial charge in [-0.15, -0.1) is 0 Å². The summed E-state index contributed by atoms with van der Waals surface area (Å²) in [5, 5.41) is 2.85. The highest BCUT2D eigenvalue weighted by Gasteiger charge is 2.22. The molecule has 1 amide bonds. The number of nitrogens with zero attached hydrogens (tertiary/aromatic N) is 2. The van der Waals surface area contributed by atoms with Crippen molar-refractivity contribution in [3.63, 3.8) is 0 Å². The van der Waals surface area contributed by atoms with Gasteiger partial charge in [-0.25, -0.2) is 4.79 Å². The zero-order valence-electron chi connectivity index (χ0n) is 17.6. The van der Waals surface area contributed by atoms with Crippen LogP contribution < -0.4 is 15.0 Å². The van der Waals surface area contributed by atoms with E-state index >= 15 is 0 Å². The summed E-state index contributed by atoms with van der Waals surface area (Å²) < 4.78 is 10.8. The van der Waals surface area contributed by atoms with Crippen LogP contribution in [0.5, 0.6) is 5.75 Å². The summed E-state index contributed by atoms with van der Waals surface area (Å²) in [6.07, 6.45) is 0. The molecule has 1 heterocycles. The summed E-state index contributed by atoms with van der Waals surface area (Å²) in [7, 11) is 0. The van der Waals surface area contributed by atoms with Crippen molar-refractivity contribution in [3.8, 4) is 5.75 Å². The zero-order valence-corrected chi connectivity index (χ0v) is 17.6. The quantitative estimate of drug-likeness (QED) is 0.674. The van der Waals surface area contributed by atoms with Gasteiger partial charge in [0.2, 0.25) is 5.91 Å². The molecule has 1 N–H and O–H groups in total. The Morgan fingerprint density at radius 1 is 0.933 bits per heavy atom. The van der Waals surface area contributed by atoms with Crippen LogP contribution in [-0.2, 0) is 9.53 Å². The lowest BCUT2D eigenvalue weighted by molar-refractivity contribution is -0.117. The molecule has 0 aliphatic carbocycles. The Labute approximate surface area is 177 Å². The van der Waals surface area contributed by atoms with Crippen LogP contribution in [0.2, 0.25) is 0 Å². The maximum absolute atomic E-state index is 12.6. The lowest BCUT2D eigenvalue weighted by Crippen LogP contribution is -2.48. The fourth-order valence-corrected chi connectivity index (χ4v) is 3.51. The molecule has 7 heteroatoms. The molecule has 2 aromatic rings. The van der Waals surface area contributed by atoms with Crippen LogP contribution in [0.3, 0.4) is 0 Å². The Balaban J connectivity index is 1.55. The number of piperazine rings is 1. The molecule has 1 aliphatic rings. The van der Waals surface area contributed by atoms with Crippen molar-refractivity contribution in [2.24, 2.45) is 0 Å². The van der Waals surface area contributed by atoms with E-state index in [4.69, 9.17) is 9.47 Å². The van der Waals surface area contributed by atoms with Gasteiger partial charge < -0.3 is 19.7 Å². The number of rotatable bonds is 8. The second kappa shape index (κ2) is 10.6. The van der Waals surface area contributed by atoms with Gasteiger partial charge in [-0.3, -0.25) is 9.69 Å². The minimum atomic E-state index is -0.435. The third kappa shape index (κ3) is 5.51. The van der Waals surface area contributed by atoms with E-state index in [0.29, 0.717) is 17.9 Å². The van der Waals surface area contributed by atoms with E-state index < -0.39 is 5.97 Å². The van der Waals surface area contributed by atoms with Gasteiger partial charge in [0, 0.05) is 26.2 Å². The molecule has 7 nitrogen and oxygen atoms in total. The number of hydrogen-bond donors (Lipinski definition) is 1. The smallest absolute Gasteiger partial charge is 0.340 e. The van der Waals surface area contributed by atoms with Crippen molar-refractivity contribution in [2.75, 3.05) is 56.2 Å². The van der Waals surface area contributed by atoms with Gasteiger partial charge in [0.15, 0.2) is 0 Å². The van der Waals surface area contributed by atoms with E-state index in [9.17, 15) is 9.59 Å². The summed E-state index contributed by atoms with van der Waals surface area (Å²) in [4.78, 5) is 29.0. The lowest BCUT2D eigenvalue weighted by Gasteiger charge is -2.36. The summed E-state index contributed by atoms with van der Waals surface area (Å²) in [6, 6.07) is 14.9. The first-order valence-corrected chi connectivity index (χ1v) is 10.4. The van der Waals surface area contributed by atoms with Crippen LogP contribution in [0.4, 0.5) is 11.4 Å². The first-order chi connectivity index (χ1) is 14.6. The van der Waals surface area contributed by atoms with Crippen LogP contribution in [0.1, 0.15) is 24.2 Å². The summed E-state index contributed by atoms with van der Waals surface area (Å²) in [5.41, 5.74) is 1.93. The predicted molar refractivity (Wildman–Crippen MR) is 117 cm³/mol. The minimum Gasteiger partial charge on any atom is -0.492 e. The van der Waals surface area contributed by atoms with Gasteiger partial charge in [0.05, 0.1) is 36.7 Å². The average molecular weight is 412 g/mol. The molecule has 0 radical (unpaired) electrons. The van der Waals surface area contributed by atoms with E-state index in [1.165, 1.54) is 0 Å². The fourth-order valence-electron chi connectivity index (χ4n) is 3.51. The van der Waals surface area contributed by atoms with E-state index in [0.717, 1.165) is 37.6 Å². The van der Waals surface area contributed by atoms with Gasteiger partial charge in [-0.2, -0.15) is 0 Å². The molecular weight excluding hydrogens is 382 g/mol. The third-order valence-electron chi connectivity index (χ3n) is 4.94. The van der Waals surface area contributed by atoms with Crippen molar-refractivity contribution < 1.29 is 19.1 Å². The van der Waals surface area contributed by atoms with Gasteiger partial charge in [0.1, 0.15) is 5.75 Å². The largest absolute Gasteiger partial charge is 0.492 e. The van der Waals surface area contributed by atoms with Gasteiger partial charge >= 0.3 is 5.97 Å². The molecule has 1 aliphatic heterocycles. The first-order valence-electron chi connectivity index (χ1n) is 10.4. The number of nitrogens with one attached hydrogen (secondary N) is 1. The maximum atomic E-state index is 12.6. The molecule has 0 saturated carbocycles. The molecule has 0 aromatic heterocycles. The van der Waals surface area contributed by atoms with Crippen molar-refractivity contribution in [2.45, 2.75) is 13.8 Å². The van der Waals surface area contributed by atoms with E-state index in [1.807, 2.05) is 25.1 Å². The fraction of sp³-hybridized carbons (Fsp3) is 0.391. The van der Waals surface area contributed by atoms with Crippen molar-refractivity contribution >= 4 is 23.3 Å². The number of benzene rings is 2. The highest BCUT2D eigenvalue weighted by atomic mass is 16.5. The van der Waals surface area contributed by atoms with Crippen LogP contribution in [0.25, 0.3) is 0 Å². The number of esters is 1. The molecule has 2 aromatic carbocycles.